The van der Waals surface area contributed by atoms with E-state index in [1.54, 1.807) is 0 Å². The maximum Gasteiger partial charge on any atom is 0.0541 e. The van der Waals surface area contributed by atoms with Crippen molar-refractivity contribution in [3.8, 4) is 16.8 Å². The molecule has 0 atom stereocenters. The van der Waals surface area contributed by atoms with Gasteiger partial charge in [-0.1, -0.05) is 92.5 Å². The third-order valence-corrected chi connectivity index (χ3v) is 8.37. The van der Waals surface area contributed by atoms with Crippen molar-refractivity contribution in [1.29, 1.82) is 0 Å². The Labute approximate surface area is 250 Å². The molecule has 0 radical (unpaired) electrons. The summed E-state index contributed by atoms with van der Waals surface area (Å²) < 4.78 is 4.49. The SMILES string of the molecule is Brc1ccc(N(c2ccc(Br)cc2)c2ccc(-c3cccc(-n4c5ccccc5c5ccccc54)c3)cc2)cc1. The Kier molecular flexibility index (Phi) is 6.51. The van der Waals surface area contributed by atoms with E-state index in [1.807, 2.05) is 0 Å². The fourth-order valence-corrected chi connectivity index (χ4v) is 5.98. The Bertz CT molecular complexity index is 1860. The summed E-state index contributed by atoms with van der Waals surface area (Å²) in [5.41, 5.74) is 9.27. The topological polar surface area (TPSA) is 8.17 Å². The maximum absolute atomic E-state index is 3.57. The maximum atomic E-state index is 3.57. The zero-order valence-electron chi connectivity index (χ0n) is 21.5. The number of fused-ring (bicyclic) bond motifs is 3. The molecule has 0 spiro atoms. The molecule has 0 aliphatic carbocycles. The van der Waals surface area contributed by atoms with Gasteiger partial charge < -0.3 is 9.47 Å². The van der Waals surface area contributed by atoms with Crippen LogP contribution in [0.15, 0.2) is 155 Å². The smallest absolute Gasteiger partial charge is 0.0541 e. The van der Waals surface area contributed by atoms with Crippen LogP contribution < -0.4 is 4.90 Å². The van der Waals surface area contributed by atoms with Crippen molar-refractivity contribution < 1.29 is 0 Å². The Morgan fingerprint density at radius 3 is 1.43 bits per heavy atom. The fourth-order valence-electron chi connectivity index (χ4n) is 5.46. The molecule has 0 unspecified atom stereocenters. The molecule has 7 aromatic rings. The van der Waals surface area contributed by atoms with E-state index in [-0.39, 0.29) is 0 Å². The Hall–Kier alpha value is -4.12. The summed E-state index contributed by atoms with van der Waals surface area (Å²) in [6, 6.07) is 51.8. The third kappa shape index (κ3) is 4.53. The fraction of sp³-hybridized carbons (Fsp3) is 0. The van der Waals surface area contributed by atoms with Crippen LogP contribution in [0.5, 0.6) is 0 Å². The first-order chi connectivity index (χ1) is 19.7. The molecule has 0 N–H and O–H groups in total. The number of para-hydroxylation sites is 2. The first-order valence-electron chi connectivity index (χ1n) is 13.2. The monoisotopic (exact) mass is 642 g/mol. The van der Waals surface area contributed by atoms with Gasteiger partial charge in [0.2, 0.25) is 0 Å². The zero-order chi connectivity index (χ0) is 27.1. The summed E-state index contributed by atoms with van der Waals surface area (Å²) >= 11 is 7.14. The number of halogens is 2. The third-order valence-electron chi connectivity index (χ3n) is 7.31. The summed E-state index contributed by atoms with van der Waals surface area (Å²) in [5.74, 6) is 0. The van der Waals surface area contributed by atoms with Crippen LogP contribution in [0.1, 0.15) is 0 Å². The molecule has 6 aromatic carbocycles. The highest BCUT2D eigenvalue weighted by Gasteiger charge is 2.14. The van der Waals surface area contributed by atoms with E-state index in [2.05, 4.69) is 187 Å². The summed E-state index contributed by atoms with van der Waals surface area (Å²) in [7, 11) is 0. The number of aromatic nitrogens is 1. The van der Waals surface area contributed by atoms with E-state index in [9.17, 15) is 0 Å². The molecule has 0 bridgehead atoms. The molecule has 192 valence electrons. The van der Waals surface area contributed by atoms with Crippen LogP contribution >= 0.6 is 31.9 Å². The van der Waals surface area contributed by atoms with Crippen molar-refractivity contribution in [3.05, 3.63) is 155 Å². The number of hydrogen-bond acceptors (Lipinski definition) is 1. The van der Waals surface area contributed by atoms with Crippen molar-refractivity contribution in [2.24, 2.45) is 0 Å². The van der Waals surface area contributed by atoms with Crippen molar-refractivity contribution >= 4 is 70.7 Å². The van der Waals surface area contributed by atoms with Crippen LogP contribution in [0.2, 0.25) is 0 Å². The van der Waals surface area contributed by atoms with Crippen LogP contribution in [-0.4, -0.2) is 4.57 Å². The molecule has 2 nitrogen and oxygen atoms in total. The lowest BCUT2D eigenvalue weighted by Crippen LogP contribution is -2.09. The number of rotatable bonds is 5. The summed E-state index contributed by atoms with van der Waals surface area (Å²) in [6.07, 6.45) is 0. The average Bonchev–Trinajstić information content (AvgIpc) is 3.34. The molecule has 1 aromatic heterocycles. The van der Waals surface area contributed by atoms with E-state index in [0.29, 0.717) is 0 Å². The molecule has 40 heavy (non-hydrogen) atoms. The molecular formula is C36H24Br2N2. The second-order valence-electron chi connectivity index (χ2n) is 9.76. The largest absolute Gasteiger partial charge is 0.311 e. The molecule has 0 amide bonds. The van der Waals surface area contributed by atoms with Gasteiger partial charge in [0.1, 0.15) is 0 Å². The standard InChI is InChI=1S/C36H24Br2N2/c37-27-14-20-30(21-15-27)39(31-22-16-28(38)17-23-31)29-18-12-25(13-19-29)26-6-5-7-32(24-26)40-35-10-3-1-8-33(35)34-9-2-4-11-36(34)40/h1-24H. The van der Waals surface area contributed by atoms with E-state index < -0.39 is 0 Å². The normalized spacial score (nSPS) is 11.2. The molecule has 7 rings (SSSR count). The second-order valence-corrected chi connectivity index (χ2v) is 11.6. The number of anilines is 3. The van der Waals surface area contributed by atoms with Crippen LogP contribution in [0.4, 0.5) is 17.1 Å². The van der Waals surface area contributed by atoms with Crippen LogP contribution in [0.3, 0.4) is 0 Å². The highest BCUT2D eigenvalue weighted by molar-refractivity contribution is 9.10. The molecule has 0 aliphatic rings. The Morgan fingerprint density at radius 1 is 0.425 bits per heavy atom. The lowest BCUT2D eigenvalue weighted by molar-refractivity contribution is 1.18. The predicted molar refractivity (Wildman–Crippen MR) is 176 cm³/mol. The van der Waals surface area contributed by atoms with Crippen molar-refractivity contribution in [2.45, 2.75) is 0 Å². The van der Waals surface area contributed by atoms with Gasteiger partial charge in [0.25, 0.3) is 0 Å². The van der Waals surface area contributed by atoms with Gasteiger partial charge in [-0.2, -0.15) is 0 Å². The first-order valence-corrected chi connectivity index (χ1v) is 14.7. The Morgan fingerprint density at radius 2 is 0.900 bits per heavy atom. The van der Waals surface area contributed by atoms with E-state index in [4.69, 9.17) is 0 Å². The second kappa shape index (κ2) is 10.5. The van der Waals surface area contributed by atoms with Crippen molar-refractivity contribution in [3.63, 3.8) is 0 Å². The van der Waals surface area contributed by atoms with Gasteiger partial charge in [0, 0.05) is 42.5 Å². The predicted octanol–water partition coefficient (Wildman–Crippen LogP) is 11.4. The lowest BCUT2D eigenvalue weighted by Gasteiger charge is -2.26. The molecule has 4 heteroatoms. The van der Waals surface area contributed by atoms with Crippen LogP contribution in [0.25, 0.3) is 38.6 Å². The average molecular weight is 644 g/mol. The zero-order valence-corrected chi connectivity index (χ0v) is 24.7. The van der Waals surface area contributed by atoms with Gasteiger partial charge >= 0.3 is 0 Å². The van der Waals surface area contributed by atoms with E-state index >= 15 is 0 Å². The molecule has 0 fully saturated rings. The van der Waals surface area contributed by atoms with Gasteiger partial charge in [0.05, 0.1) is 11.0 Å². The molecule has 0 aliphatic heterocycles. The molecule has 0 saturated heterocycles. The minimum absolute atomic E-state index is 1.06. The van der Waals surface area contributed by atoms with Gasteiger partial charge in [0.15, 0.2) is 0 Å². The quantitative estimate of drug-likeness (QED) is 0.181. The van der Waals surface area contributed by atoms with Gasteiger partial charge in [-0.25, -0.2) is 0 Å². The van der Waals surface area contributed by atoms with Crippen molar-refractivity contribution in [2.75, 3.05) is 4.90 Å². The minimum atomic E-state index is 1.06. The van der Waals surface area contributed by atoms with Gasteiger partial charge in [-0.05, 0) is 96.1 Å². The number of benzene rings is 6. The molecular weight excluding hydrogens is 620 g/mol. The van der Waals surface area contributed by atoms with E-state index in [0.717, 1.165) is 31.7 Å². The van der Waals surface area contributed by atoms with Crippen LogP contribution in [0, 0.1) is 0 Å². The van der Waals surface area contributed by atoms with Gasteiger partial charge in [-0.15, -0.1) is 0 Å². The van der Waals surface area contributed by atoms with Crippen molar-refractivity contribution in [1.82, 2.24) is 4.57 Å². The van der Waals surface area contributed by atoms with E-state index in [1.165, 1.54) is 32.9 Å². The number of nitrogens with zero attached hydrogens (tertiary/aromatic N) is 2. The highest BCUT2D eigenvalue weighted by atomic mass is 79.9. The summed E-state index contributed by atoms with van der Waals surface area (Å²) in [6.45, 7) is 0. The molecule has 0 saturated carbocycles. The lowest BCUT2D eigenvalue weighted by atomic mass is 10.0. The van der Waals surface area contributed by atoms with Gasteiger partial charge in [-0.3, -0.25) is 0 Å². The summed E-state index contributed by atoms with van der Waals surface area (Å²) in [4.78, 5) is 2.27. The first kappa shape index (κ1) is 24.9. The molecule has 1 heterocycles. The summed E-state index contributed by atoms with van der Waals surface area (Å²) in [5, 5.41) is 2.54. The Balaban J connectivity index is 1.29. The van der Waals surface area contributed by atoms with Crippen LogP contribution in [-0.2, 0) is 0 Å². The number of hydrogen-bond donors (Lipinski definition) is 0. The highest BCUT2D eigenvalue weighted by Crippen LogP contribution is 2.37. The minimum Gasteiger partial charge on any atom is -0.311 e.